The molecule has 0 unspecified atom stereocenters. The zero-order valence-corrected chi connectivity index (χ0v) is 13.2. The lowest BCUT2D eigenvalue weighted by atomic mass is 10.2. The van der Waals surface area contributed by atoms with Gasteiger partial charge in [0.25, 0.3) is 5.91 Å². The van der Waals surface area contributed by atoms with Gasteiger partial charge >= 0.3 is 0 Å². The molecule has 1 amide bonds. The maximum Gasteiger partial charge on any atom is 0.255 e. The maximum atomic E-state index is 13.1. The molecule has 0 aromatic heterocycles. The molecule has 0 saturated carbocycles. The molecule has 0 fully saturated rings. The standard InChI is InChI=1S/C15H14F2N2O3S/c1-9-3-4-13(8-14(9)23(21,22)18-2)19-15(20)10-5-11(16)7-12(17)6-10/h3-8,18H,1-2H3,(H,19,20). The number of nitrogens with one attached hydrogen (secondary N) is 2. The molecular weight excluding hydrogens is 326 g/mol. The summed E-state index contributed by atoms with van der Waals surface area (Å²) in [7, 11) is -2.41. The summed E-state index contributed by atoms with van der Waals surface area (Å²) in [5.41, 5.74) is 0.481. The van der Waals surface area contributed by atoms with Crippen molar-refractivity contribution in [1.82, 2.24) is 4.72 Å². The van der Waals surface area contributed by atoms with Gasteiger partial charge in [-0.3, -0.25) is 4.79 Å². The van der Waals surface area contributed by atoms with Crippen LogP contribution in [0.2, 0.25) is 0 Å². The normalized spacial score (nSPS) is 11.3. The molecule has 5 nitrogen and oxygen atoms in total. The third-order valence-electron chi connectivity index (χ3n) is 3.13. The van der Waals surface area contributed by atoms with Crippen molar-refractivity contribution in [2.24, 2.45) is 0 Å². The molecule has 0 bridgehead atoms. The minimum absolute atomic E-state index is 0.00298. The molecule has 2 N–H and O–H groups in total. The molecule has 0 atom stereocenters. The van der Waals surface area contributed by atoms with Gasteiger partial charge in [0.2, 0.25) is 10.0 Å². The number of amides is 1. The number of sulfonamides is 1. The van der Waals surface area contributed by atoms with Crippen LogP contribution in [-0.2, 0) is 10.0 Å². The average molecular weight is 340 g/mol. The van der Waals surface area contributed by atoms with E-state index in [9.17, 15) is 22.0 Å². The van der Waals surface area contributed by atoms with E-state index in [1.165, 1.54) is 25.2 Å². The first-order valence-electron chi connectivity index (χ1n) is 6.54. The molecule has 0 aliphatic rings. The van der Waals surface area contributed by atoms with Crippen LogP contribution < -0.4 is 10.0 Å². The maximum absolute atomic E-state index is 13.1. The first-order valence-corrected chi connectivity index (χ1v) is 8.03. The van der Waals surface area contributed by atoms with Gasteiger partial charge in [0.05, 0.1) is 4.90 Å². The highest BCUT2D eigenvalue weighted by atomic mass is 32.2. The fraction of sp³-hybridized carbons (Fsp3) is 0.133. The number of carbonyl (C=O) groups is 1. The highest BCUT2D eigenvalue weighted by molar-refractivity contribution is 7.89. The van der Waals surface area contributed by atoms with Crippen molar-refractivity contribution in [3.05, 3.63) is 59.2 Å². The monoisotopic (exact) mass is 340 g/mol. The van der Waals surface area contributed by atoms with Crippen LogP contribution in [0, 0.1) is 18.6 Å². The van der Waals surface area contributed by atoms with E-state index in [0.717, 1.165) is 12.1 Å². The van der Waals surface area contributed by atoms with E-state index >= 15 is 0 Å². The predicted molar refractivity (Wildman–Crippen MR) is 81.7 cm³/mol. The Labute approximate surface area is 132 Å². The summed E-state index contributed by atoms with van der Waals surface area (Å²) in [5, 5.41) is 2.41. The van der Waals surface area contributed by atoms with E-state index in [-0.39, 0.29) is 16.1 Å². The predicted octanol–water partition coefficient (Wildman–Crippen LogP) is 2.43. The number of hydrogen-bond donors (Lipinski definition) is 2. The highest BCUT2D eigenvalue weighted by Gasteiger charge is 2.16. The van der Waals surface area contributed by atoms with Crippen molar-refractivity contribution in [3.8, 4) is 0 Å². The molecule has 0 aliphatic carbocycles. The average Bonchev–Trinajstić information content (AvgIpc) is 2.48. The minimum Gasteiger partial charge on any atom is -0.322 e. The van der Waals surface area contributed by atoms with Gasteiger partial charge in [-0.05, 0) is 43.8 Å². The second kappa shape index (κ2) is 6.43. The smallest absolute Gasteiger partial charge is 0.255 e. The number of anilines is 1. The lowest BCUT2D eigenvalue weighted by Crippen LogP contribution is -2.20. The number of halogens is 2. The van der Waals surface area contributed by atoms with E-state index in [1.54, 1.807) is 6.92 Å². The van der Waals surface area contributed by atoms with E-state index < -0.39 is 27.6 Å². The van der Waals surface area contributed by atoms with Crippen molar-refractivity contribution in [2.45, 2.75) is 11.8 Å². The van der Waals surface area contributed by atoms with E-state index in [1.807, 2.05) is 0 Å². The van der Waals surface area contributed by atoms with Crippen LogP contribution >= 0.6 is 0 Å². The van der Waals surface area contributed by atoms with Gasteiger partial charge in [-0.15, -0.1) is 0 Å². The lowest BCUT2D eigenvalue weighted by molar-refractivity contribution is 0.102. The highest BCUT2D eigenvalue weighted by Crippen LogP contribution is 2.20. The van der Waals surface area contributed by atoms with Crippen LogP contribution in [0.1, 0.15) is 15.9 Å². The number of benzene rings is 2. The fourth-order valence-corrected chi connectivity index (χ4v) is 2.96. The zero-order chi connectivity index (χ0) is 17.2. The summed E-state index contributed by atoms with van der Waals surface area (Å²) in [4.78, 5) is 12.0. The Morgan fingerprint density at radius 1 is 1.04 bits per heavy atom. The summed E-state index contributed by atoms with van der Waals surface area (Å²) in [6.45, 7) is 1.61. The van der Waals surface area contributed by atoms with Crippen molar-refractivity contribution in [1.29, 1.82) is 0 Å². The molecule has 2 aromatic carbocycles. The Morgan fingerprint density at radius 3 is 2.22 bits per heavy atom. The summed E-state index contributed by atoms with van der Waals surface area (Å²) in [6, 6.07) is 6.72. The fourth-order valence-electron chi connectivity index (χ4n) is 1.97. The van der Waals surface area contributed by atoms with Crippen LogP contribution in [0.15, 0.2) is 41.3 Å². The Hall–Kier alpha value is -2.32. The lowest BCUT2D eigenvalue weighted by Gasteiger charge is -2.10. The van der Waals surface area contributed by atoms with Crippen LogP contribution in [0.4, 0.5) is 14.5 Å². The van der Waals surface area contributed by atoms with Crippen LogP contribution in [0.3, 0.4) is 0 Å². The molecule has 0 spiro atoms. The van der Waals surface area contributed by atoms with Crippen molar-refractivity contribution < 1.29 is 22.0 Å². The molecule has 0 heterocycles. The second-order valence-electron chi connectivity index (χ2n) is 4.80. The molecule has 23 heavy (non-hydrogen) atoms. The minimum atomic E-state index is -3.69. The molecule has 122 valence electrons. The SMILES string of the molecule is CNS(=O)(=O)c1cc(NC(=O)c2cc(F)cc(F)c2)ccc1C. The summed E-state index contributed by atoms with van der Waals surface area (Å²) in [5.74, 6) is -2.50. The topological polar surface area (TPSA) is 75.3 Å². The number of aryl methyl sites for hydroxylation is 1. The summed E-state index contributed by atoms with van der Waals surface area (Å²) in [6.07, 6.45) is 0. The van der Waals surface area contributed by atoms with Gasteiger partial charge in [0.1, 0.15) is 11.6 Å². The van der Waals surface area contributed by atoms with E-state index in [0.29, 0.717) is 11.6 Å². The van der Waals surface area contributed by atoms with Gasteiger partial charge in [-0.1, -0.05) is 6.07 Å². The van der Waals surface area contributed by atoms with E-state index in [2.05, 4.69) is 10.0 Å². The summed E-state index contributed by atoms with van der Waals surface area (Å²) < 4.78 is 52.3. The van der Waals surface area contributed by atoms with Gasteiger partial charge in [-0.2, -0.15) is 0 Å². The van der Waals surface area contributed by atoms with Crippen molar-refractivity contribution in [2.75, 3.05) is 12.4 Å². The van der Waals surface area contributed by atoms with Crippen molar-refractivity contribution in [3.63, 3.8) is 0 Å². The quantitative estimate of drug-likeness (QED) is 0.898. The Kier molecular flexibility index (Phi) is 4.76. The summed E-state index contributed by atoms with van der Waals surface area (Å²) >= 11 is 0. The number of hydrogen-bond acceptors (Lipinski definition) is 3. The molecule has 0 radical (unpaired) electrons. The van der Waals surface area contributed by atoms with Gasteiger partial charge in [-0.25, -0.2) is 21.9 Å². The Bertz CT molecular complexity index is 847. The van der Waals surface area contributed by atoms with E-state index in [4.69, 9.17) is 0 Å². The molecular formula is C15H14F2N2O3S. The Balaban J connectivity index is 2.33. The molecule has 0 saturated heterocycles. The third kappa shape index (κ3) is 3.91. The number of rotatable bonds is 4. The van der Waals surface area contributed by atoms with Crippen molar-refractivity contribution >= 4 is 21.6 Å². The first kappa shape index (κ1) is 17.0. The molecule has 0 aliphatic heterocycles. The first-order chi connectivity index (χ1) is 10.7. The largest absolute Gasteiger partial charge is 0.322 e. The zero-order valence-electron chi connectivity index (χ0n) is 12.4. The molecule has 2 rings (SSSR count). The van der Waals surface area contributed by atoms with Crippen LogP contribution in [0.5, 0.6) is 0 Å². The van der Waals surface area contributed by atoms with Crippen LogP contribution in [0.25, 0.3) is 0 Å². The third-order valence-corrected chi connectivity index (χ3v) is 4.69. The Morgan fingerprint density at radius 2 is 1.65 bits per heavy atom. The van der Waals surface area contributed by atoms with Gasteiger partial charge < -0.3 is 5.32 Å². The molecule has 8 heteroatoms. The molecule has 2 aromatic rings. The van der Waals surface area contributed by atoms with Gasteiger partial charge in [0.15, 0.2) is 0 Å². The number of carbonyl (C=O) groups excluding carboxylic acids is 1. The van der Waals surface area contributed by atoms with Crippen LogP contribution in [-0.4, -0.2) is 21.4 Å². The van der Waals surface area contributed by atoms with Gasteiger partial charge in [0, 0.05) is 17.3 Å². The second-order valence-corrected chi connectivity index (χ2v) is 6.66.